The molecule has 1 spiro atoms. The highest BCUT2D eigenvalue weighted by molar-refractivity contribution is 7.10. The van der Waals surface area contributed by atoms with Gasteiger partial charge in [-0.25, -0.2) is 4.79 Å². The van der Waals surface area contributed by atoms with Crippen molar-refractivity contribution in [3.05, 3.63) is 35.1 Å². The molecule has 1 aromatic rings. The Labute approximate surface area is 181 Å². The lowest BCUT2D eigenvalue weighted by molar-refractivity contribution is -0.164. The molecule has 4 aliphatic rings. The summed E-state index contributed by atoms with van der Waals surface area (Å²) in [6.07, 6.45) is 1.27. The van der Waals surface area contributed by atoms with Crippen LogP contribution in [0.2, 0.25) is 0 Å². The number of carboxylic acids is 1. The molecule has 0 saturated carbocycles. The van der Waals surface area contributed by atoms with E-state index in [1.807, 2.05) is 19.2 Å². The second kappa shape index (κ2) is 7.08. The lowest BCUT2D eigenvalue weighted by Gasteiger charge is -2.61. The van der Waals surface area contributed by atoms with Gasteiger partial charge < -0.3 is 33.8 Å². The van der Waals surface area contributed by atoms with E-state index in [1.54, 1.807) is 6.08 Å². The van der Waals surface area contributed by atoms with Crippen LogP contribution in [0.25, 0.3) is 0 Å². The number of aliphatic carboxylic acids is 1. The summed E-state index contributed by atoms with van der Waals surface area (Å²) >= 11 is 0. The first-order valence-corrected chi connectivity index (χ1v) is 10.7. The van der Waals surface area contributed by atoms with E-state index in [-0.39, 0.29) is 24.8 Å². The van der Waals surface area contributed by atoms with Crippen LogP contribution in [0.4, 0.5) is 4.79 Å². The second-order valence-corrected chi connectivity index (χ2v) is 8.78. The first-order chi connectivity index (χ1) is 14.8. The molecule has 0 radical (unpaired) electrons. The largest absolute Gasteiger partial charge is 0.513 e. The van der Waals surface area contributed by atoms with Gasteiger partial charge in [-0.3, -0.25) is 4.79 Å². The fourth-order valence-electron chi connectivity index (χ4n) is 5.87. The predicted octanol–water partition coefficient (Wildman–Crippen LogP) is 1.76. The highest BCUT2D eigenvalue weighted by atomic mass is 31.0. The molecule has 2 bridgehead atoms. The van der Waals surface area contributed by atoms with Crippen LogP contribution in [0.15, 0.2) is 24.0 Å². The van der Waals surface area contributed by atoms with Crippen molar-refractivity contribution in [2.75, 3.05) is 20.2 Å². The number of aliphatic hydroxyl groups is 1. The molecule has 10 heteroatoms. The maximum Gasteiger partial charge on any atom is 0.513 e. The normalized spacial score (nSPS) is 32.4. The van der Waals surface area contributed by atoms with E-state index in [0.29, 0.717) is 30.8 Å². The van der Waals surface area contributed by atoms with Gasteiger partial charge in [-0.15, -0.1) is 0 Å². The first kappa shape index (κ1) is 20.5. The minimum Gasteiger partial charge on any atom is -0.481 e. The number of nitrogens with zero attached hydrogens (tertiary/aromatic N) is 1. The predicted molar refractivity (Wildman–Crippen MR) is 110 cm³/mol. The molecule has 5 rings (SSSR count). The van der Waals surface area contributed by atoms with Crippen LogP contribution in [0.3, 0.4) is 0 Å². The smallest absolute Gasteiger partial charge is 0.481 e. The van der Waals surface area contributed by atoms with Crippen molar-refractivity contribution in [3.8, 4) is 11.5 Å². The highest BCUT2D eigenvalue weighted by Crippen LogP contribution is 2.65. The number of hydrogen-bond acceptors (Lipinski definition) is 8. The van der Waals surface area contributed by atoms with Crippen LogP contribution in [0.5, 0.6) is 11.5 Å². The van der Waals surface area contributed by atoms with Crippen LogP contribution >= 0.6 is 9.47 Å². The van der Waals surface area contributed by atoms with E-state index >= 15 is 0 Å². The van der Waals surface area contributed by atoms with Gasteiger partial charge >= 0.3 is 12.1 Å². The summed E-state index contributed by atoms with van der Waals surface area (Å²) in [6.45, 7) is 0.471. The van der Waals surface area contributed by atoms with Crippen LogP contribution in [-0.4, -0.2) is 65.2 Å². The molecule has 2 aliphatic carbocycles. The number of carbonyl (C=O) groups excluding carboxylic acids is 1. The summed E-state index contributed by atoms with van der Waals surface area (Å²) in [7, 11) is 4.24. The van der Waals surface area contributed by atoms with Gasteiger partial charge in [0.2, 0.25) is 0 Å². The Balaban J connectivity index is 1.55. The average Bonchev–Trinajstić information content (AvgIpc) is 3.08. The summed E-state index contributed by atoms with van der Waals surface area (Å²) in [5.41, 5.74) is 0.146. The molecule has 1 saturated heterocycles. The van der Waals surface area contributed by atoms with E-state index in [2.05, 4.69) is 14.4 Å². The van der Waals surface area contributed by atoms with Crippen molar-refractivity contribution < 1.29 is 38.5 Å². The number of ether oxygens (including phenoxy) is 3. The third-order valence-corrected chi connectivity index (χ3v) is 7.46. The lowest BCUT2D eigenvalue weighted by Crippen LogP contribution is -2.74. The molecular weight excluding hydrogens is 425 g/mol. The maximum atomic E-state index is 12.2. The van der Waals surface area contributed by atoms with E-state index in [0.717, 1.165) is 17.7 Å². The molecule has 5 atom stereocenters. The SMILES string of the molecule is CN1CC[C@@]23c4c5ccc(OP)c4O[C@@H]2C(OC(=O)OCCC(=O)O)=CC[C@]3(O)[C@@H]1C5. The van der Waals surface area contributed by atoms with Gasteiger partial charge in [0, 0.05) is 18.0 Å². The number of carboxylic acid groups (broad SMARTS) is 1. The van der Waals surface area contributed by atoms with Gasteiger partial charge in [-0.2, -0.15) is 0 Å². The Kier molecular flexibility index (Phi) is 4.70. The molecule has 2 heterocycles. The number of likely N-dealkylation sites (tertiary alicyclic amines) is 1. The van der Waals surface area contributed by atoms with Crippen LogP contribution < -0.4 is 9.26 Å². The van der Waals surface area contributed by atoms with E-state index in [1.165, 1.54) is 0 Å². The lowest BCUT2D eigenvalue weighted by atomic mass is 9.50. The summed E-state index contributed by atoms with van der Waals surface area (Å²) in [5.74, 6) is 0.303. The van der Waals surface area contributed by atoms with Gasteiger partial charge in [0.1, 0.15) is 12.4 Å². The zero-order valence-electron chi connectivity index (χ0n) is 17.0. The van der Waals surface area contributed by atoms with Gasteiger partial charge in [0.15, 0.2) is 17.6 Å². The Morgan fingerprint density at radius 2 is 2.19 bits per heavy atom. The van der Waals surface area contributed by atoms with E-state index in [4.69, 9.17) is 23.8 Å². The molecule has 1 fully saturated rings. The van der Waals surface area contributed by atoms with Gasteiger partial charge in [-0.05, 0) is 44.1 Å². The zero-order valence-corrected chi connectivity index (χ0v) is 18.2. The minimum atomic E-state index is -1.09. The summed E-state index contributed by atoms with van der Waals surface area (Å²) < 4.78 is 22.2. The number of benzene rings is 1. The zero-order chi connectivity index (χ0) is 22.0. The molecule has 1 aromatic carbocycles. The number of carbonyl (C=O) groups is 2. The van der Waals surface area contributed by atoms with Crippen molar-refractivity contribution in [2.24, 2.45) is 0 Å². The molecule has 0 aromatic heterocycles. The molecule has 9 nitrogen and oxygen atoms in total. The Morgan fingerprint density at radius 3 is 2.94 bits per heavy atom. The third kappa shape index (κ3) is 2.73. The summed E-state index contributed by atoms with van der Waals surface area (Å²) in [6, 6.07) is 3.75. The standard InChI is InChI=1S/C21H24NO8P/c1-22-8-7-20-16-11-2-3-12(30-31)17(16)29-18(20)13(4-6-21(20,26)14(22)10-11)28-19(25)27-9-5-15(23)24/h2-4,14,18,26H,5-10,31H2,1H3,(H,23,24)/t14-,18+,20+,21-/m0/s1. The van der Waals surface area contributed by atoms with Crippen LogP contribution in [-0.2, 0) is 26.1 Å². The molecule has 0 amide bonds. The second-order valence-electron chi connectivity index (χ2n) is 8.54. The quantitative estimate of drug-likeness (QED) is 0.513. The molecule has 2 N–H and O–H groups in total. The molecule has 31 heavy (non-hydrogen) atoms. The number of likely N-dealkylation sites (N-methyl/N-ethyl adjacent to an activating group) is 1. The summed E-state index contributed by atoms with van der Waals surface area (Å²) in [4.78, 5) is 25.0. The van der Waals surface area contributed by atoms with Crippen molar-refractivity contribution in [3.63, 3.8) is 0 Å². The fourth-order valence-corrected chi connectivity index (χ4v) is 6.05. The van der Waals surface area contributed by atoms with Gasteiger partial charge in [-0.1, -0.05) is 6.07 Å². The van der Waals surface area contributed by atoms with Crippen molar-refractivity contribution in [2.45, 2.75) is 48.8 Å². The molecule has 2 aliphatic heterocycles. The van der Waals surface area contributed by atoms with Crippen molar-refractivity contribution in [1.82, 2.24) is 4.90 Å². The number of hydrogen-bond donors (Lipinski definition) is 2. The van der Waals surface area contributed by atoms with Gasteiger partial charge in [0.25, 0.3) is 0 Å². The highest BCUT2D eigenvalue weighted by Gasteiger charge is 2.72. The average molecular weight is 449 g/mol. The van der Waals surface area contributed by atoms with E-state index in [9.17, 15) is 14.7 Å². The first-order valence-electron chi connectivity index (χ1n) is 10.2. The minimum absolute atomic E-state index is 0.103. The van der Waals surface area contributed by atoms with E-state index < -0.39 is 29.2 Å². The maximum absolute atomic E-state index is 12.2. The fraction of sp³-hybridized carbons (Fsp3) is 0.524. The Morgan fingerprint density at radius 1 is 1.39 bits per heavy atom. The molecule has 166 valence electrons. The monoisotopic (exact) mass is 449 g/mol. The topological polar surface area (TPSA) is 115 Å². The molecular formula is C21H24NO8P. The van der Waals surface area contributed by atoms with Gasteiger partial charge in [0.05, 0.1) is 26.9 Å². The van der Waals surface area contributed by atoms with Crippen LogP contribution in [0.1, 0.15) is 30.4 Å². The van der Waals surface area contributed by atoms with Crippen molar-refractivity contribution >= 4 is 21.6 Å². The number of rotatable bonds is 5. The molecule has 1 unspecified atom stereocenters. The Hall–Kier alpha value is -2.35. The third-order valence-electron chi connectivity index (χ3n) is 7.20. The van der Waals surface area contributed by atoms with Crippen molar-refractivity contribution in [1.29, 1.82) is 0 Å². The number of piperidine rings is 1. The van der Waals surface area contributed by atoms with Crippen LogP contribution in [0, 0.1) is 0 Å². The Bertz CT molecular complexity index is 996. The summed E-state index contributed by atoms with van der Waals surface area (Å²) in [5, 5.41) is 20.8.